The van der Waals surface area contributed by atoms with E-state index in [0.717, 1.165) is 98.9 Å². The van der Waals surface area contributed by atoms with Crippen LogP contribution in [-0.4, -0.2) is 74.2 Å². The maximum atomic E-state index is 14.4. The standard InChI is InChI=1S/C30H34B2F3NO4.C19H29BrO3.C18H10Br3N.C14H21Br/c1-27(2)28(3,4)38-31(37-27)19-9-13-21(14-10-19)36(23-17-24(33)26(35)25(34)18-23)22-15-11-20(12-16-22)32-39-29(5,6)30(7,8)40-32;1-2-19(15-23-16-19)14-22-12-6-4-3-5-11-21-13-17-7-9-18(20)10-8-17;19-11-1-5-14(6-2-11)22-17-7-3-12(20)9-15(17)16-10-13(21)4-8-18(16)22;1-2-3-4-5-6-7-8-13-9-11-14(15)12-10-13/h9-18H,1-8H3;7-10H,2-6,11-16H2,1H3;1-10H;9-12H,2-8H2,1H3. The monoisotopic (exact) mass is 1680 g/mol. The van der Waals surface area contributed by atoms with Crippen molar-refractivity contribution < 1.29 is 46.0 Å². The summed E-state index contributed by atoms with van der Waals surface area (Å²) in [6.07, 6.45) is 15.4. The highest BCUT2D eigenvalue weighted by Crippen LogP contribution is 2.41. The Labute approximate surface area is 634 Å². The zero-order chi connectivity index (χ0) is 71.8. The third-order valence-corrected chi connectivity index (χ3v) is 22.1. The number of rotatable bonds is 25. The van der Waals surface area contributed by atoms with E-state index in [9.17, 15) is 13.2 Å². The molecular formula is C81H94B2Br5F3N2O7. The van der Waals surface area contributed by atoms with Crippen LogP contribution in [0.4, 0.5) is 30.2 Å². The van der Waals surface area contributed by atoms with E-state index in [1.807, 2.05) is 104 Å². The van der Waals surface area contributed by atoms with Crippen molar-refractivity contribution in [2.75, 3.05) is 37.9 Å². The Bertz CT molecular complexity index is 3870. The van der Waals surface area contributed by atoms with Crippen molar-refractivity contribution in [3.05, 3.63) is 221 Å². The van der Waals surface area contributed by atoms with E-state index in [4.69, 9.17) is 32.8 Å². The Balaban J connectivity index is 0.000000167. The number of halogens is 8. The minimum Gasteiger partial charge on any atom is -0.399 e. The molecule has 0 saturated carbocycles. The molecule has 0 amide bonds. The average molecular weight is 1690 g/mol. The Hall–Kier alpha value is -4.60. The summed E-state index contributed by atoms with van der Waals surface area (Å²) in [7, 11) is -1.13. The third kappa shape index (κ3) is 21.1. The Kier molecular flexibility index (Phi) is 28.9. The zero-order valence-corrected chi connectivity index (χ0v) is 67.3. The number of fused-ring (bicyclic) bond motifs is 3. The number of unbranched alkanes of at least 4 members (excludes halogenated alkanes) is 8. The quantitative estimate of drug-likeness (QED) is 0.0318. The molecule has 8 aromatic carbocycles. The van der Waals surface area contributed by atoms with E-state index >= 15 is 0 Å². The van der Waals surface area contributed by atoms with E-state index in [-0.39, 0.29) is 5.69 Å². The van der Waals surface area contributed by atoms with Crippen LogP contribution < -0.4 is 15.8 Å². The van der Waals surface area contributed by atoms with Gasteiger partial charge in [-0.25, -0.2) is 13.2 Å². The van der Waals surface area contributed by atoms with Crippen molar-refractivity contribution >= 4 is 144 Å². The topological polar surface area (TPSA) is 72.8 Å². The molecule has 3 fully saturated rings. The molecule has 9 nitrogen and oxygen atoms in total. The maximum Gasteiger partial charge on any atom is 0.494 e. The third-order valence-electron chi connectivity index (χ3n) is 19.6. The van der Waals surface area contributed by atoms with E-state index in [2.05, 4.69) is 207 Å². The highest BCUT2D eigenvalue weighted by Gasteiger charge is 2.53. The van der Waals surface area contributed by atoms with Crippen LogP contribution in [0.3, 0.4) is 0 Å². The lowest BCUT2D eigenvalue weighted by molar-refractivity contribution is -0.150. The minimum atomic E-state index is -1.52. The Morgan fingerprint density at radius 2 is 0.840 bits per heavy atom. The summed E-state index contributed by atoms with van der Waals surface area (Å²) in [5, 5.41) is 2.49. The van der Waals surface area contributed by atoms with Crippen LogP contribution in [0.1, 0.15) is 151 Å². The Morgan fingerprint density at radius 1 is 0.440 bits per heavy atom. The average Bonchev–Trinajstić information content (AvgIpc) is 1.60. The second-order valence-corrected chi connectivity index (χ2v) is 32.8. The van der Waals surface area contributed by atoms with Gasteiger partial charge in [-0.05, 0) is 219 Å². The number of hydrogen-bond donors (Lipinski definition) is 0. The van der Waals surface area contributed by atoms with Gasteiger partial charge in [-0.15, -0.1) is 0 Å². The molecule has 0 aliphatic carbocycles. The molecule has 4 heterocycles. The lowest BCUT2D eigenvalue weighted by Gasteiger charge is -2.40. The first-order valence-electron chi connectivity index (χ1n) is 34.9. The van der Waals surface area contributed by atoms with Crippen LogP contribution in [0, 0.1) is 22.9 Å². The van der Waals surface area contributed by atoms with Gasteiger partial charge in [0.2, 0.25) is 0 Å². The molecule has 0 N–H and O–H groups in total. The summed E-state index contributed by atoms with van der Waals surface area (Å²) in [5.41, 5.74) is 7.55. The number of benzene rings is 8. The largest absolute Gasteiger partial charge is 0.494 e. The normalized spacial score (nSPS) is 16.1. The molecule has 3 aliphatic rings. The number of anilines is 3. The van der Waals surface area contributed by atoms with Gasteiger partial charge in [-0.3, -0.25) is 0 Å². The lowest BCUT2D eigenvalue weighted by Crippen LogP contribution is -2.45. The van der Waals surface area contributed by atoms with Gasteiger partial charge in [-0.2, -0.15) is 0 Å². The van der Waals surface area contributed by atoms with Crippen molar-refractivity contribution in [3.8, 4) is 5.69 Å². The smallest absolute Gasteiger partial charge is 0.399 e. The van der Waals surface area contributed by atoms with E-state index < -0.39 is 54.1 Å². The van der Waals surface area contributed by atoms with Crippen LogP contribution in [0.15, 0.2) is 192 Å². The fourth-order valence-electron chi connectivity index (χ4n) is 11.8. The molecule has 532 valence electrons. The van der Waals surface area contributed by atoms with Gasteiger partial charge in [0.25, 0.3) is 0 Å². The van der Waals surface area contributed by atoms with Gasteiger partial charge in [-0.1, -0.05) is 187 Å². The lowest BCUT2D eigenvalue weighted by atomic mass is 9.79. The maximum absolute atomic E-state index is 14.4. The summed E-state index contributed by atoms with van der Waals surface area (Å²) >= 11 is 17.6. The fraction of sp³-hybridized carbons (Fsp3) is 0.407. The van der Waals surface area contributed by atoms with Gasteiger partial charge >= 0.3 is 14.2 Å². The van der Waals surface area contributed by atoms with E-state index in [0.29, 0.717) is 23.4 Å². The molecule has 100 heavy (non-hydrogen) atoms. The first-order chi connectivity index (χ1) is 47.7. The van der Waals surface area contributed by atoms with Crippen LogP contribution >= 0.6 is 79.6 Å². The second kappa shape index (κ2) is 36.4. The van der Waals surface area contributed by atoms with Crippen LogP contribution in [-0.2, 0) is 45.9 Å². The Morgan fingerprint density at radius 3 is 1.27 bits per heavy atom. The number of ether oxygens (including phenoxy) is 3. The van der Waals surface area contributed by atoms with E-state index in [1.165, 1.54) is 95.2 Å². The van der Waals surface area contributed by atoms with Crippen LogP contribution in [0.2, 0.25) is 0 Å². The van der Waals surface area contributed by atoms with Gasteiger partial charge in [0, 0.05) is 81.0 Å². The minimum absolute atomic E-state index is 0.128. The van der Waals surface area contributed by atoms with Gasteiger partial charge in [0.15, 0.2) is 17.5 Å². The molecule has 0 unspecified atom stereocenters. The number of aryl methyl sites for hydroxylation is 1. The molecular weight excluding hydrogens is 1590 g/mol. The number of nitrogens with zero attached hydrogens (tertiary/aromatic N) is 2. The van der Waals surface area contributed by atoms with Crippen molar-refractivity contribution in [2.45, 2.75) is 175 Å². The molecule has 9 aromatic rings. The van der Waals surface area contributed by atoms with Gasteiger partial charge in [0.1, 0.15) is 0 Å². The first kappa shape index (κ1) is 79.5. The highest BCUT2D eigenvalue weighted by molar-refractivity contribution is 9.11. The van der Waals surface area contributed by atoms with E-state index in [1.54, 1.807) is 4.90 Å². The molecule has 1 aromatic heterocycles. The highest BCUT2D eigenvalue weighted by atomic mass is 79.9. The molecule has 0 spiro atoms. The van der Waals surface area contributed by atoms with Gasteiger partial charge in [0.05, 0.1) is 65.6 Å². The predicted octanol–water partition coefficient (Wildman–Crippen LogP) is 23.6. The van der Waals surface area contributed by atoms with Gasteiger partial charge < -0.3 is 42.3 Å². The van der Waals surface area contributed by atoms with Crippen LogP contribution in [0.5, 0.6) is 0 Å². The first-order valence-corrected chi connectivity index (χ1v) is 38.9. The van der Waals surface area contributed by atoms with Crippen LogP contribution in [0.25, 0.3) is 27.5 Å². The summed E-state index contributed by atoms with van der Waals surface area (Å²) in [4.78, 5) is 1.65. The van der Waals surface area contributed by atoms with Crippen molar-refractivity contribution in [2.24, 2.45) is 5.41 Å². The molecule has 0 radical (unpaired) electrons. The number of aromatic nitrogens is 1. The molecule has 12 rings (SSSR count). The molecule has 0 bridgehead atoms. The van der Waals surface area contributed by atoms with Crippen molar-refractivity contribution in [1.82, 2.24) is 4.57 Å². The number of hydrogen-bond acceptors (Lipinski definition) is 8. The molecule has 3 aliphatic heterocycles. The SMILES string of the molecule is Brc1ccc(-n2c3ccc(Br)cc3c3cc(Br)ccc32)cc1.CC1(C)OB(c2ccc(N(c3ccc(B4OC(C)(C)C(C)(C)O4)cc3)c3cc(F)c(F)c(F)c3)cc2)OC1(C)C.CCC1(COCCCCCCOCc2ccc(Br)cc2)COC1.CCCCCCCCc1ccc(Br)cc1. The summed E-state index contributed by atoms with van der Waals surface area (Å²) < 4.78 is 91.9. The predicted molar refractivity (Wildman–Crippen MR) is 424 cm³/mol. The molecule has 19 heteroatoms. The summed E-state index contributed by atoms with van der Waals surface area (Å²) in [6.45, 7) is 25.4. The zero-order valence-electron chi connectivity index (χ0n) is 59.3. The molecule has 0 atom stereocenters. The summed E-state index contributed by atoms with van der Waals surface area (Å²) in [6, 6.07) is 54.8. The fourth-order valence-corrected chi connectivity index (χ4v) is 13.4. The summed E-state index contributed by atoms with van der Waals surface area (Å²) in [5.74, 6) is -4.07. The van der Waals surface area contributed by atoms with Crippen molar-refractivity contribution in [3.63, 3.8) is 0 Å². The second-order valence-electron chi connectivity index (χ2n) is 28.2. The van der Waals surface area contributed by atoms with Crippen molar-refractivity contribution in [1.29, 1.82) is 0 Å². The molecule has 3 saturated heterocycles.